The van der Waals surface area contributed by atoms with Gasteiger partial charge in [-0.3, -0.25) is 0 Å². The van der Waals surface area contributed by atoms with Crippen LogP contribution in [0.15, 0.2) is 46.7 Å². The van der Waals surface area contributed by atoms with E-state index in [2.05, 4.69) is 17.9 Å². The van der Waals surface area contributed by atoms with Crippen LogP contribution in [0.25, 0.3) is 0 Å². The third kappa shape index (κ3) is 3.66. The standard InChI is InChI=1S/C16H13NO2S2/c1-3-11-17(12-10-15-5-4-13-20-15)21(18,19)16-8-6-14(2)7-9-16/h1,4-9,13H,11H2,2H3. The molecule has 0 spiro atoms. The Morgan fingerprint density at radius 1 is 1.24 bits per heavy atom. The highest BCUT2D eigenvalue weighted by Crippen LogP contribution is 2.16. The van der Waals surface area contributed by atoms with Gasteiger partial charge in [0.2, 0.25) is 0 Å². The Labute approximate surface area is 129 Å². The molecule has 1 aromatic carbocycles. The summed E-state index contributed by atoms with van der Waals surface area (Å²) < 4.78 is 26.0. The van der Waals surface area contributed by atoms with E-state index in [1.807, 2.05) is 24.4 Å². The zero-order valence-electron chi connectivity index (χ0n) is 11.4. The van der Waals surface area contributed by atoms with Gasteiger partial charge in [0.25, 0.3) is 10.0 Å². The fraction of sp³-hybridized carbons (Fsp3) is 0.125. The van der Waals surface area contributed by atoms with E-state index in [1.165, 1.54) is 11.3 Å². The molecule has 0 unspecified atom stereocenters. The first-order chi connectivity index (χ1) is 10.0. The van der Waals surface area contributed by atoms with E-state index in [4.69, 9.17) is 6.42 Å². The molecule has 0 atom stereocenters. The van der Waals surface area contributed by atoms with Gasteiger partial charge >= 0.3 is 0 Å². The van der Waals surface area contributed by atoms with Crippen molar-refractivity contribution in [3.05, 3.63) is 52.2 Å². The van der Waals surface area contributed by atoms with Crippen molar-refractivity contribution in [1.82, 2.24) is 4.31 Å². The second-order valence-electron chi connectivity index (χ2n) is 4.24. The molecule has 0 fully saturated rings. The molecule has 3 nitrogen and oxygen atoms in total. The Bertz CT molecular complexity index is 802. The maximum atomic E-state index is 12.5. The molecule has 0 N–H and O–H groups in total. The van der Waals surface area contributed by atoms with Crippen molar-refractivity contribution >= 4 is 21.4 Å². The van der Waals surface area contributed by atoms with Crippen molar-refractivity contribution in [2.45, 2.75) is 11.8 Å². The summed E-state index contributed by atoms with van der Waals surface area (Å²) >= 11 is 1.44. The molecular weight excluding hydrogens is 302 g/mol. The number of aryl methyl sites for hydroxylation is 1. The van der Waals surface area contributed by atoms with Crippen LogP contribution >= 0.6 is 11.3 Å². The van der Waals surface area contributed by atoms with Gasteiger partial charge in [-0.1, -0.05) is 29.7 Å². The van der Waals surface area contributed by atoms with E-state index in [-0.39, 0.29) is 11.4 Å². The van der Waals surface area contributed by atoms with E-state index in [0.29, 0.717) is 0 Å². The molecule has 5 heteroatoms. The lowest BCUT2D eigenvalue weighted by atomic mass is 10.2. The van der Waals surface area contributed by atoms with Crippen LogP contribution in [0, 0.1) is 31.2 Å². The fourth-order valence-corrected chi connectivity index (χ4v) is 3.28. The van der Waals surface area contributed by atoms with E-state index >= 15 is 0 Å². The van der Waals surface area contributed by atoms with E-state index in [0.717, 1.165) is 14.7 Å². The molecule has 106 valence electrons. The van der Waals surface area contributed by atoms with Gasteiger partial charge in [0.05, 0.1) is 9.77 Å². The van der Waals surface area contributed by atoms with E-state index in [1.54, 1.807) is 24.3 Å². The third-order valence-corrected chi connectivity index (χ3v) is 5.12. The van der Waals surface area contributed by atoms with Crippen molar-refractivity contribution in [1.29, 1.82) is 0 Å². The monoisotopic (exact) mass is 315 g/mol. The highest BCUT2D eigenvalue weighted by Gasteiger charge is 2.21. The number of hydrogen-bond donors (Lipinski definition) is 0. The first kappa shape index (κ1) is 15.2. The van der Waals surface area contributed by atoms with Gasteiger partial charge < -0.3 is 0 Å². The lowest BCUT2D eigenvalue weighted by Gasteiger charge is -2.15. The summed E-state index contributed by atoms with van der Waals surface area (Å²) in [5, 5.41) is 1.88. The van der Waals surface area contributed by atoms with Crippen LogP contribution < -0.4 is 0 Å². The molecule has 1 aromatic heterocycles. The van der Waals surface area contributed by atoms with Crippen LogP contribution in [0.3, 0.4) is 0 Å². The molecule has 2 aromatic rings. The normalized spacial score (nSPS) is 10.3. The van der Waals surface area contributed by atoms with Gasteiger partial charge in [0.15, 0.2) is 0 Å². The summed E-state index contributed by atoms with van der Waals surface area (Å²) in [6.45, 7) is 1.81. The molecule has 2 rings (SSSR count). The van der Waals surface area contributed by atoms with Crippen molar-refractivity contribution < 1.29 is 8.42 Å². The maximum Gasteiger partial charge on any atom is 0.271 e. The summed E-state index contributed by atoms with van der Waals surface area (Å²) in [7, 11) is -3.71. The van der Waals surface area contributed by atoms with Crippen molar-refractivity contribution in [2.75, 3.05) is 6.54 Å². The number of terminal acetylenes is 1. The van der Waals surface area contributed by atoms with Crippen molar-refractivity contribution in [3.8, 4) is 24.3 Å². The number of rotatable bonds is 3. The number of benzene rings is 1. The zero-order valence-corrected chi connectivity index (χ0v) is 13.0. The molecular formula is C16H13NO2S2. The smallest absolute Gasteiger partial charge is 0.212 e. The Hall–Kier alpha value is -2.21. The summed E-state index contributed by atoms with van der Waals surface area (Å²) in [6.07, 6.45) is 5.26. The van der Waals surface area contributed by atoms with Crippen LogP contribution in [-0.4, -0.2) is 19.3 Å². The lowest BCUT2D eigenvalue weighted by molar-refractivity contribution is 0.535. The summed E-state index contributed by atoms with van der Waals surface area (Å²) in [5.74, 6) is 5.15. The molecule has 0 amide bonds. The summed E-state index contributed by atoms with van der Waals surface area (Å²) in [6, 6.07) is 12.9. The number of nitrogens with zero attached hydrogens (tertiary/aromatic N) is 1. The molecule has 21 heavy (non-hydrogen) atoms. The van der Waals surface area contributed by atoms with Crippen molar-refractivity contribution in [3.63, 3.8) is 0 Å². The SMILES string of the molecule is C#CCN(C#Cc1cccs1)S(=O)(=O)c1ccc(C)cc1. The van der Waals surface area contributed by atoms with Gasteiger partial charge in [-0.15, -0.1) is 17.8 Å². The lowest BCUT2D eigenvalue weighted by Crippen LogP contribution is -2.27. The molecule has 0 bridgehead atoms. The van der Waals surface area contributed by atoms with Gasteiger partial charge in [-0.05, 0) is 36.4 Å². The Kier molecular flexibility index (Phi) is 4.70. The van der Waals surface area contributed by atoms with Crippen LogP contribution in [0.5, 0.6) is 0 Å². The topological polar surface area (TPSA) is 37.4 Å². The Balaban J connectivity index is 2.37. The number of thiophene rings is 1. The molecule has 1 heterocycles. The molecule has 0 aliphatic carbocycles. The Morgan fingerprint density at radius 3 is 2.52 bits per heavy atom. The van der Waals surface area contributed by atoms with Crippen LogP contribution in [0.2, 0.25) is 0 Å². The second-order valence-corrected chi connectivity index (χ2v) is 7.05. The Morgan fingerprint density at radius 2 is 1.95 bits per heavy atom. The first-order valence-corrected chi connectivity index (χ1v) is 8.44. The van der Waals surface area contributed by atoms with Crippen LogP contribution in [0.4, 0.5) is 0 Å². The van der Waals surface area contributed by atoms with Crippen LogP contribution in [-0.2, 0) is 10.0 Å². The second kappa shape index (κ2) is 6.49. The van der Waals surface area contributed by atoms with E-state index in [9.17, 15) is 8.42 Å². The fourth-order valence-electron chi connectivity index (χ4n) is 1.57. The van der Waals surface area contributed by atoms with E-state index < -0.39 is 10.0 Å². The van der Waals surface area contributed by atoms with Gasteiger partial charge in [0.1, 0.15) is 6.54 Å². The average Bonchev–Trinajstić information content (AvgIpc) is 2.97. The summed E-state index contributed by atoms with van der Waals surface area (Å²) in [5.41, 5.74) is 0.988. The summed E-state index contributed by atoms with van der Waals surface area (Å²) in [4.78, 5) is 0.972. The largest absolute Gasteiger partial charge is 0.271 e. The maximum absolute atomic E-state index is 12.5. The molecule has 0 saturated heterocycles. The van der Waals surface area contributed by atoms with Gasteiger partial charge in [-0.25, -0.2) is 12.7 Å². The molecule has 0 radical (unpaired) electrons. The molecule has 0 aliphatic rings. The number of sulfonamides is 1. The number of hydrogen-bond acceptors (Lipinski definition) is 3. The van der Waals surface area contributed by atoms with Crippen molar-refractivity contribution in [2.24, 2.45) is 0 Å². The third-order valence-electron chi connectivity index (χ3n) is 2.67. The average molecular weight is 315 g/mol. The highest BCUT2D eigenvalue weighted by atomic mass is 32.2. The molecule has 0 saturated carbocycles. The minimum atomic E-state index is -3.71. The van der Waals surface area contributed by atoms with Gasteiger partial charge in [-0.2, -0.15) is 0 Å². The quantitative estimate of drug-likeness (QED) is 0.645. The molecule has 0 aliphatic heterocycles. The van der Waals surface area contributed by atoms with Crippen LogP contribution in [0.1, 0.15) is 10.4 Å². The predicted octanol–water partition coefficient (Wildman–Crippen LogP) is 2.69. The predicted molar refractivity (Wildman–Crippen MR) is 85.1 cm³/mol. The minimum Gasteiger partial charge on any atom is -0.212 e. The zero-order chi connectivity index (χ0) is 15.3. The van der Waals surface area contributed by atoms with Gasteiger partial charge in [0, 0.05) is 6.04 Å². The first-order valence-electron chi connectivity index (χ1n) is 6.12. The highest BCUT2D eigenvalue weighted by molar-refractivity contribution is 7.89. The minimum absolute atomic E-state index is 0.0887.